The molecule has 0 spiro atoms. The van der Waals surface area contributed by atoms with Crippen LogP contribution in [0.2, 0.25) is 0 Å². The molecule has 17 aromatic rings. The van der Waals surface area contributed by atoms with Gasteiger partial charge >= 0.3 is 0 Å². The van der Waals surface area contributed by atoms with Crippen molar-refractivity contribution in [1.82, 2.24) is 23.9 Å². The normalized spacial score (nSPS) is 13.2. The van der Waals surface area contributed by atoms with Crippen molar-refractivity contribution < 1.29 is 4.42 Å². The molecular formula is C96H83N5O. The second kappa shape index (κ2) is 26.5. The molecule has 13 aromatic carbocycles. The van der Waals surface area contributed by atoms with E-state index in [0.717, 1.165) is 59.3 Å². The molecule has 0 aliphatic rings. The molecule has 0 aliphatic carbocycles. The van der Waals surface area contributed by atoms with E-state index >= 15 is 0 Å². The highest BCUT2D eigenvalue weighted by molar-refractivity contribution is 6.11. The maximum Gasteiger partial charge on any atom is 0.248 e. The Morgan fingerprint density at radius 2 is 0.686 bits per heavy atom. The molecule has 4 heterocycles. The molecule has 0 N–H and O–H groups in total. The Hall–Kier alpha value is -11.6. The summed E-state index contributed by atoms with van der Waals surface area (Å²) >= 11 is 0. The minimum atomic E-state index is 0.0544. The first-order valence-corrected chi connectivity index (χ1v) is 36.4. The minimum absolute atomic E-state index is 0.0544. The number of rotatable bonds is 18. The molecule has 102 heavy (non-hydrogen) atoms. The van der Waals surface area contributed by atoms with Gasteiger partial charge in [-0.05, 0) is 222 Å². The lowest BCUT2D eigenvalue weighted by Crippen LogP contribution is -2.15. The van der Waals surface area contributed by atoms with Crippen LogP contribution in [0.1, 0.15) is 117 Å². The van der Waals surface area contributed by atoms with Crippen LogP contribution in [-0.4, -0.2) is 23.9 Å². The number of hydrogen-bond acceptors (Lipinski definition) is 3. The first kappa shape index (κ1) is 63.8. The van der Waals surface area contributed by atoms with Crippen LogP contribution in [0.4, 0.5) is 0 Å². The second-order valence-electron chi connectivity index (χ2n) is 29.5. The molecule has 0 aliphatic heterocycles. The van der Waals surface area contributed by atoms with E-state index < -0.39 is 0 Å². The van der Waals surface area contributed by atoms with Crippen LogP contribution in [0, 0.1) is 13.8 Å². The molecule has 4 atom stereocenters. The zero-order valence-corrected chi connectivity index (χ0v) is 59.1. The third-order valence-corrected chi connectivity index (χ3v) is 21.9. The Labute approximate surface area is 597 Å². The SMILES string of the molecule is CCC(CC(CC(CC(C)n1c2ccccc2c2ccccc21)c1ccc(-c2ccc(-n3c4ccccc4c4ccccc43)cc2)cc1)c1ccc(-c2ccc(-n3c4ccc(C)cc4c4cc(C)ccc43)cc2)cc1)c1ccc(-c2cccc(-c3nnc(-c4ccc(C(C)(C)C)cc4)o3)c2)cc1. The Kier molecular flexibility index (Phi) is 16.6. The molecule has 17 rings (SSSR count). The smallest absolute Gasteiger partial charge is 0.248 e. The van der Waals surface area contributed by atoms with Crippen molar-refractivity contribution >= 4 is 65.4 Å². The quantitative estimate of drug-likeness (QED) is 0.0860. The van der Waals surface area contributed by atoms with Crippen molar-refractivity contribution in [3.63, 3.8) is 0 Å². The summed E-state index contributed by atoms with van der Waals surface area (Å²) in [5.41, 5.74) is 26.6. The minimum Gasteiger partial charge on any atom is -0.416 e. The Bertz CT molecular complexity index is 5730. The van der Waals surface area contributed by atoms with Gasteiger partial charge in [-0.3, -0.25) is 0 Å². The molecule has 0 fully saturated rings. The van der Waals surface area contributed by atoms with Crippen LogP contribution in [0.25, 0.3) is 133 Å². The fourth-order valence-corrected chi connectivity index (χ4v) is 16.5. The van der Waals surface area contributed by atoms with E-state index in [1.165, 1.54) is 121 Å². The zero-order chi connectivity index (χ0) is 69.2. The predicted octanol–water partition coefficient (Wildman–Crippen LogP) is 26.1. The summed E-state index contributed by atoms with van der Waals surface area (Å²) in [6.07, 6.45) is 3.93. The number of fused-ring (bicyclic) bond motifs is 9. The average molecular weight is 1320 g/mol. The van der Waals surface area contributed by atoms with Gasteiger partial charge < -0.3 is 18.1 Å². The van der Waals surface area contributed by atoms with Crippen molar-refractivity contribution in [3.05, 3.63) is 337 Å². The summed E-state index contributed by atoms with van der Waals surface area (Å²) in [6.45, 7) is 15.9. The van der Waals surface area contributed by atoms with Gasteiger partial charge in [0.05, 0.1) is 22.1 Å². The first-order valence-electron chi connectivity index (χ1n) is 36.4. The summed E-state index contributed by atoms with van der Waals surface area (Å²) in [7, 11) is 0. The summed E-state index contributed by atoms with van der Waals surface area (Å²) in [5, 5.41) is 16.8. The average Bonchev–Trinajstić information content (AvgIpc) is 1.61. The number of aryl methyl sites for hydroxylation is 2. The molecule has 6 nitrogen and oxygen atoms in total. The van der Waals surface area contributed by atoms with Crippen LogP contribution in [0.15, 0.2) is 308 Å². The molecule has 0 amide bonds. The molecule has 0 saturated heterocycles. The summed E-state index contributed by atoms with van der Waals surface area (Å²) in [6, 6.07) is 113. The third-order valence-electron chi connectivity index (χ3n) is 21.9. The molecule has 4 aromatic heterocycles. The molecule has 0 saturated carbocycles. The Morgan fingerprint density at radius 3 is 1.15 bits per heavy atom. The van der Waals surface area contributed by atoms with E-state index in [1.807, 2.05) is 0 Å². The van der Waals surface area contributed by atoms with Crippen LogP contribution in [0.3, 0.4) is 0 Å². The van der Waals surface area contributed by atoms with Crippen molar-refractivity contribution in [2.75, 3.05) is 0 Å². The standard InChI is InChI=1S/C96H83N5O/c1-8-65(66-30-36-71(37-31-66)75-18-17-19-76(60-75)95-98-97-94(102-95)74-42-48-79(49-43-74)96(5,6)7)59-78(73-40-34-68(35-41-73)70-46-52-81(53-47-70)101-92-54-28-62(2)56-86(92)87-57-63(3)29-55-93(87)101)61-77(58-64(4)99-88-24-13-9-20-82(88)83-21-10-14-25-89(83)99)72-38-32-67(33-39-72)69-44-50-80(51-45-69)100-90-26-15-11-22-84(90)85-23-12-16-27-91(85)100/h9-57,60,64-65,77-78H,8,58-59,61H2,1-7H3. The Balaban J connectivity index is 0.712. The molecular weight excluding hydrogens is 1240 g/mol. The largest absolute Gasteiger partial charge is 0.416 e. The number of aromatic nitrogens is 5. The van der Waals surface area contributed by atoms with Gasteiger partial charge in [-0.15, -0.1) is 10.2 Å². The highest BCUT2D eigenvalue weighted by Gasteiger charge is 2.28. The highest BCUT2D eigenvalue weighted by atomic mass is 16.4. The van der Waals surface area contributed by atoms with E-state index in [4.69, 9.17) is 4.42 Å². The lowest BCUT2D eigenvalue weighted by atomic mass is 9.76. The van der Waals surface area contributed by atoms with E-state index in [-0.39, 0.29) is 23.3 Å². The maximum absolute atomic E-state index is 6.35. The number of benzene rings is 13. The maximum atomic E-state index is 6.35. The fourth-order valence-electron chi connectivity index (χ4n) is 16.5. The van der Waals surface area contributed by atoms with E-state index in [1.54, 1.807) is 0 Å². The molecule has 498 valence electrons. The van der Waals surface area contributed by atoms with Gasteiger partial charge in [-0.2, -0.15) is 0 Å². The van der Waals surface area contributed by atoms with E-state index in [9.17, 15) is 0 Å². The molecule has 0 bridgehead atoms. The van der Waals surface area contributed by atoms with Crippen LogP contribution >= 0.6 is 0 Å². The molecule has 0 radical (unpaired) electrons. The van der Waals surface area contributed by atoms with E-state index in [0.29, 0.717) is 17.7 Å². The zero-order valence-electron chi connectivity index (χ0n) is 59.1. The monoisotopic (exact) mass is 1320 g/mol. The highest BCUT2D eigenvalue weighted by Crippen LogP contribution is 2.45. The molecule has 4 unspecified atom stereocenters. The first-order chi connectivity index (χ1) is 49.8. The Morgan fingerprint density at radius 1 is 0.324 bits per heavy atom. The fraction of sp³-hybridized carbons (Fsp3) is 0.167. The van der Waals surface area contributed by atoms with Crippen LogP contribution in [0.5, 0.6) is 0 Å². The summed E-state index contributed by atoms with van der Waals surface area (Å²) < 4.78 is 13.8. The third kappa shape index (κ3) is 12.0. The summed E-state index contributed by atoms with van der Waals surface area (Å²) in [4.78, 5) is 0. The topological polar surface area (TPSA) is 53.7 Å². The molecule has 6 heteroatoms. The van der Waals surface area contributed by atoms with Crippen molar-refractivity contribution in [2.45, 2.75) is 103 Å². The van der Waals surface area contributed by atoms with Crippen molar-refractivity contribution in [3.8, 4) is 67.7 Å². The number of para-hydroxylation sites is 4. The van der Waals surface area contributed by atoms with E-state index in [2.05, 4.69) is 376 Å². The van der Waals surface area contributed by atoms with Gasteiger partial charge in [0.15, 0.2) is 0 Å². The number of nitrogens with zero attached hydrogens (tertiary/aromatic N) is 5. The summed E-state index contributed by atoms with van der Waals surface area (Å²) in [5.74, 6) is 1.77. The van der Waals surface area contributed by atoms with Gasteiger partial charge in [-0.25, -0.2) is 0 Å². The van der Waals surface area contributed by atoms with Gasteiger partial charge in [0, 0.05) is 71.9 Å². The second-order valence-corrected chi connectivity index (χ2v) is 29.5. The van der Waals surface area contributed by atoms with Crippen molar-refractivity contribution in [2.24, 2.45) is 0 Å². The van der Waals surface area contributed by atoms with Crippen molar-refractivity contribution in [1.29, 1.82) is 0 Å². The predicted molar refractivity (Wildman–Crippen MR) is 428 cm³/mol. The van der Waals surface area contributed by atoms with Gasteiger partial charge in [0.2, 0.25) is 11.8 Å². The van der Waals surface area contributed by atoms with Crippen LogP contribution in [-0.2, 0) is 5.41 Å². The van der Waals surface area contributed by atoms with Gasteiger partial charge in [0.25, 0.3) is 0 Å². The van der Waals surface area contributed by atoms with Gasteiger partial charge in [-0.1, -0.05) is 245 Å². The lowest BCUT2D eigenvalue weighted by molar-refractivity contribution is 0.400. The van der Waals surface area contributed by atoms with Crippen LogP contribution < -0.4 is 0 Å². The van der Waals surface area contributed by atoms with Gasteiger partial charge in [0.1, 0.15) is 0 Å². The lowest BCUT2D eigenvalue weighted by Gasteiger charge is -2.30. The number of hydrogen-bond donors (Lipinski definition) is 0.